The van der Waals surface area contributed by atoms with Crippen LogP contribution in [0.1, 0.15) is 50.1 Å². The molecule has 1 fully saturated rings. The van der Waals surface area contributed by atoms with E-state index < -0.39 is 5.60 Å². The Hall–Kier alpha value is -1.59. The molecule has 1 saturated carbocycles. The molecule has 1 aromatic rings. The molecule has 1 unspecified atom stereocenters. The van der Waals surface area contributed by atoms with E-state index in [9.17, 15) is 5.11 Å². The minimum Gasteiger partial charge on any atom is -0.409 e. The predicted molar refractivity (Wildman–Crippen MR) is 83.2 cm³/mol. The highest BCUT2D eigenvalue weighted by atomic mass is 16.4. The van der Waals surface area contributed by atoms with Gasteiger partial charge in [-0.3, -0.25) is 0 Å². The van der Waals surface area contributed by atoms with Crippen LogP contribution in [-0.2, 0) is 0 Å². The molecule has 5 N–H and O–H groups in total. The number of benzene rings is 1. The second-order valence-electron chi connectivity index (χ2n) is 5.92. The monoisotopic (exact) mass is 291 g/mol. The average molecular weight is 291 g/mol. The second kappa shape index (κ2) is 7.43. The van der Waals surface area contributed by atoms with Gasteiger partial charge in [0.15, 0.2) is 0 Å². The number of hydrogen-bond donors (Lipinski definition) is 4. The standard InChI is InChI=1S/C16H25N3O2/c17-15(19-21)11-14(13-7-3-1-4-8-13)18-12-16(20)9-5-2-6-10-16/h1,3-4,7-8,14,18,20-21H,2,5-6,9-12H2,(H2,17,19). The third-order valence-electron chi connectivity index (χ3n) is 4.21. The van der Waals surface area contributed by atoms with Crippen LogP contribution < -0.4 is 11.1 Å². The zero-order chi connectivity index (χ0) is 15.1. The van der Waals surface area contributed by atoms with Gasteiger partial charge in [0.25, 0.3) is 0 Å². The number of amidine groups is 1. The molecule has 116 valence electrons. The van der Waals surface area contributed by atoms with Crippen molar-refractivity contribution >= 4 is 5.84 Å². The van der Waals surface area contributed by atoms with Gasteiger partial charge in [-0.2, -0.15) is 0 Å². The van der Waals surface area contributed by atoms with Gasteiger partial charge in [-0.05, 0) is 18.4 Å². The molecule has 5 nitrogen and oxygen atoms in total. The molecule has 0 saturated heterocycles. The van der Waals surface area contributed by atoms with E-state index in [2.05, 4.69) is 10.5 Å². The van der Waals surface area contributed by atoms with Crippen molar-refractivity contribution in [2.75, 3.05) is 6.54 Å². The van der Waals surface area contributed by atoms with Crippen LogP contribution >= 0.6 is 0 Å². The summed E-state index contributed by atoms with van der Waals surface area (Å²) in [7, 11) is 0. The molecule has 2 rings (SSSR count). The number of oxime groups is 1. The average Bonchev–Trinajstić information content (AvgIpc) is 2.52. The van der Waals surface area contributed by atoms with Crippen molar-refractivity contribution in [2.45, 2.75) is 50.2 Å². The quantitative estimate of drug-likeness (QED) is 0.280. The molecular weight excluding hydrogens is 266 g/mol. The lowest BCUT2D eigenvalue weighted by molar-refractivity contribution is 0.00271. The Morgan fingerprint density at radius 1 is 1.24 bits per heavy atom. The summed E-state index contributed by atoms with van der Waals surface area (Å²) in [6.07, 6.45) is 5.45. The summed E-state index contributed by atoms with van der Waals surface area (Å²) in [6.45, 7) is 0.533. The summed E-state index contributed by atoms with van der Waals surface area (Å²) in [4.78, 5) is 0. The molecule has 0 aromatic heterocycles. The molecule has 0 spiro atoms. The van der Waals surface area contributed by atoms with Crippen molar-refractivity contribution in [2.24, 2.45) is 10.9 Å². The number of nitrogens with two attached hydrogens (primary N) is 1. The summed E-state index contributed by atoms with van der Waals surface area (Å²) in [5, 5.41) is 25.8. The van der Waals surface area contributed by atoms with E-state index in [1.807, 2.05) is 30.3 Å². The smallest absolute Gasteiger partial charge is 0.141 e. The van der Waals surface area contributed by atoms with Crippen molar-refractivity contribution in [3.8, 4) is 0 Å². The first kappa shape index (κ1) is 15.8. The normalized spacial score (nSPS) is 20.1. The maximum absolute atomic E-state index is 10.6. The largest absolute Gasteiger partial charge is 0.409 e. The molecule has 1 aliphatic rings. The SMILES string of the molecule is NC(CC(NCC1(O)CCCCC1)c1ccccc1)=NO. The van der Waals surface area contributed by atoms with Crippen molar-refractivity contribution in [1.29, 1.82) is 0 Å². The molecule has 0 radical (unpaired) electrons. The molecule has 1 aromatic carbocycles. The van der Waals surface area contributed by atoms with E-state index in [1.54, 1.807) is 0 Å². The summed E-state index contributed by atoms with van der Waals surface area (Å²) < 4.78 is 0. The number of rotatable bonds is 6. The topological polar surface area (TPSA) is 90.9 Å². The van der Waals surface area contributed by atoms with Crippen molar-refractivity contribution < 1.29 is 10.3 Å². The van der Waals surface area contributed by atoms with Gasteiger partial charge in [0.05, 0.1) is 5.60 Å². The third-order valence-corrected chi connectivity index (χ3v) is 4.21. The predicted octanol–water partition coefficient (Wildman–Crippen LogP) is 2.15. The molecule has 5 heteroatoms. The van der Waals surface area contributed by atoms with Crippen LogP contribution in [0.15, 0.2) is 35.5 Å². The van der Waals surface area contributed by atoms with Crippen molar-refractivity contribution in [3.63, 3.8) is 0 Å². The second-order valence-corrected chi connectivity index (χ2v) is 5.92. The minimum atomic E-state index is -0.629. The Kier molecular flexibility index (Phi) is 5.59. The summed E-state index contributed by atoms with van der Waals surface area (Å²) in [6, 6.07) is 9.84. The fraction of sp³-hybridized carbons (Fsp3) is 0.562. The molecule has 0 heterocycles. The van der Waals surface area contributed by atoms with Crippen LogP contribution in [0.4, 0.5) is 0 Å². The van der Waals surface area contributed by atoms with Crippen molar-refractivity contribution in [3.05, 3.63) is 35.9 Å². The first-order chi connectivity index (χ1) is 10.1. The number of aliphatic hydroxyl groups is 1. The van der Waals surface area contributed by atoms with E-state index in [4.69, 9.17) is 10.9 Å². The van der Waals surface area contributed by atoms with Gasteiger partial charge in [0, 0.05) is 19.0 Å². The van der Waals surface area contributed by atoms with E-state index in [0.29, 0.717) is 13.0 Å². The number of hydrogen-bond acceptors (Lipinski definition) is 4. The maximum Gasteiger partial charge on any atom is 0.141 e. The van der Waals surface area contributed by atoms with Crippen LogP contribution in [0.5, 0.6) is 0 Å². The highest BCUT2D eigenvalue weighted by Gasteiger charge is 2.29. The van der Waals surface area contributed by atoms with Gasteiger partial charge in [-0.1, -0.05) is 54.8 Å². The van der Waals surface area contributed by atoms with Gasteiger partial charge in [0.2, 0.25) is 0 Å². The Morgan fingerprint density at radius 3 is 2.52 bits per heavy atom. The maximum atomic E-state index is 10.6. The first-order valence-electron chi connectivity index (χ1n) is 7.60. The number of nitrogens with one attached hydrogen (secondary N) is 1. The zero-order valence-electron chi connectivity index (χ0n) is 12.3. The lowest BCUT2D eigenvalue weighted by Crippen LogP contribution is -2.44. The lowest BCUT2D eigenvalue weighted by atomic mass is 9.84. The van der Waals surface area contributed by atoms with Crippen LogP contribution in [0, 0.1) is 0 Å². The molecule has 21 heavy (non-hydrogen) atoms. The van der Waals surface area contributed by atoms with E-state index >= 15 is 0 Å². The summed E-state index contributed by atoms with van der Waals surface area (Å²) >= 11 is 0. The Morgan fingerprint density at radius 2 is 1.90 bits per heavy atom. The van der Waals surface area contributed by atoms with E-state index in [1.165, 1.54) is 6.42 Å². The van der Waals surface area contributed by atoms with Crippen LogP contribution in [0.2, 0.25) is 0 Å². The Balaban J connectivity index is 2.02. The Labute approximate surface area is 125 Å². The van der Waals surface area contributed by atoms with Gasteiger partial charge >= 0.3 is 0 Å². The van der Waals surface area contributed by atoms with Crippen LogP contribution in [0.3, 0.4) is 0 Å². The molecule has 1 atom stereocenters. The highest BCUT2D eigenvalue weighted by molar-refractivity contribution is 5.80. The number of nitrogens with zero attached hydrogens (tertiary/aromatic N) is 1. The molecule has 0 aliphatic heterocycles. The Bertz CT molecular complexity index is 456. The van der Waals surface area contributed by atoms with Crippen LogP contribution in [0.25, 0.3) is 0 Å². The first-order valence-corrected chi connectivity index (χ1v) is 7.60. The van der Waals surface area contributed by atoms with Gasteiger partial charge in [-0.15, -0.1) is 0 Å². The van der Waals surface area contributed by atoms with E-state index in [-0.39, 0.29) is 11.9 Å². The highest BCUT2D eigenvalue weighted by Crippen LogP contribution is 2.28. The fourth-order valence-corrected chi connectivity index (χ4v) is 2.94. The molecule has 0 bridgehead atoms. The lowest BCUT2D eigenvalue weighted by Gasteiger charge is -2.34. The van der Waals surface area contributed by atoms with Crippen molar-refractivity contribution in [1.82, 2.24) is 5.32 Å². The molecular formula is C16H25N3O2. The van der Waals surface area contributed by atoms with Crippen LogP contribution in [-0.4, -0.2) is 28.3 Å². The fourth-order valence-electron chi connectivity index (χ4n) is 2.94. The third kappa shape index (κ3) is 4.72. The molecule has 0 amide bonds. The zero-order valence-corrected chi connectivity index (χ0v) is 12.3. The van der Waals surface area contributed by atoms with E-state index in [0.717, 1.165) is 31.2 Å². The van der Waals surface area contributed by atoms with Gasteiger partial charge in [-0.25, -0.2) is 0 Å². The van der Waals surface area contributed by atoms with Gasteiger partial charge < -0.3 is 21.4 Å². The summed E-state index contributed by atoms with van der Waals surface area (Å²) in [5.41, 5.74) is 6.09. The van der Waals surface area contributed by atoms with Gasteiger partial charge in [0.1, 0.15) is 5.84 Å². The molecule has 1 aliphatic carbocycles. The minimum absolute atomic E-state index is 0.0620. The summed E-state index contributed by atoms with van der Waals surface area (Å²) in [5.74, 6) is 0.187.